The number of primary amides is 1. The summed E-state index contributed by atoms with van der Waals surface area (Å²) in [7, 11) is 3.11. The molecule has 2 atom stereocenters. The van der Waals surface area contributed by atoms with E-state index in [2.05, 4.69) is 15.4 Å². The first-order valence-electron chi connectivity index (χ1n) is 15.6. The van der Waals surface area contributed by atoms with E-state index < -0.39 is 23.7 Å². The van der Waals surface area contributed by atoms with Gasteiger partial charge in [0.2, 0.25) is 11.9 Å². The number of imidazole rings is 1. The Morgan fingerprint density at radius 2 is 1.81 bits per heavy atom. The number of carbonyl (C=O) groups excluding carboxylic acids is 3. The Morgan fingerprint density at radius 3 is 2.48 bits per heavy atom. The molecule has 1 saturated carbocycles. The number of ether oxygens (including phenoxy) is 2. The highest BCUT2D eigenvalue weighted by molar-refractivity contribution is 7.21. The number of anilines is 1. The van der Waals surface area contributed by atoms with Crippen LogP contribution in [0.5, 0.6) is 11.5 Å². The highest BCUT2D eigenvalue weighted by Crippen LogP contribution is 2.46. The molecule has 2 unspecified atom stereocenters. The standard InChI is InChI=1S/C34H36N6O7S/c1-5-40-25(12-17(2)38-40)32(43)37-34-36-23-13-18(31(35)42)9-10-24(23)39(34)11-7-6-8-19-20-15-26(46-3)27(47-4)16-28(20)48-30(19)29(41)21-14-22(21)33(44)45/h9-10,12-13,15-16,21-22H,5-8,11,14H2,1-4H3,(H2,35,42)(H,44,45)(H,36,37,43). The molecule has 0 saturated heterocycles. The summed E-state index contributed by atoms with van der Waals surface area (Å²) < 4.78 is 15.4. The van der Waals surface area contributed by atoms with Crippen molar-refractivity contribution in [2.24, 2.45) is 17.6 Å². The first kappa shape index (κ1) is 32.7. The van der Waals surface area contributed by atoms with Crippen LogP contribution in [0, 0.1) is 18.8 Å². The van der Waals surface area contributed by atoms with Crippen LogP contribution in [0.25, 0.3) is 21.1 Å². The monoisotopic (exact) mass is 672 g/mol. The predicted octanol–water partition coefficient (Wildman–Crippen LogP) is 5.07. The lowest BCUT2D eigenvalue weighted by Crippen LogP contribution is -2.20. The van der Waals surface area contributed by atoms with E-state index in [1.807, 2.05) is 30.5 Å². The highest BCUT2D eigenvalue weighted by atomic mass is 32.1. The summed E-state index contributed by atoms with van der Waals surface area (Å²) in [6.45, 7) is 4.72. The van der Waals surface area contributed by atoms with Gasteiger partial charge in [0.25, 0.3) is 5.91 Å². The number of nitrogens with two attached hydrogens (primary N) is 1. The minimum atomic E-state index is -0.952. The number of carboxylic acids is 1. The van der Waals surface area contributed by atoms with Crippen LogP contribution >= 0.6 is 11.3 Å². The van der Waals surface area contributed by atoms with Crippen molar-refractivity contribution in [2.75, 3.05) is 19.5 Å². The van der Waals surface area contributed by atoms with Crippen molar-refractivity contribution in [1.82, 2.24) is 19.3 Å². The van der Waals surface area contributed by atoms with Gasteiger partial charge in [0.05, 0.1) is 41.7 Å². The van der Waals surface area contributed by atoms with Crippen LogP contribution in [-0.2, 0) is 24.3 Å². The van der Waals surface area contributed by atoms with Crippen molar-refractivity contribution < 1.29 is 33.8 Å². The summed E-state index contributed by atoms with van der Waals surface area (Å²) in [5.41, 5.74) is 9.03. The quantitative estimate of drug-likeness (QED) is 0.107. The number of hydrogen-bond acceptors (Lipinski definition) is 9. The van der Waals surface area contributed by atoms with Crippen LogP contribution in [0.2, 0.25) is 0 Å². The number of fused-ring (bicyclic) bond motifs is 2. The van der Waals surface area contributed by atoms with Gasteiger partial charge in [-0.15, -0.1) is 11.3 Å². The molecule has 13 nitrogen and oxygen atoms in total. The van der Waals surface area contributed by atoms with Crippen molar-refractivity contribution in [3.63, 3.8) is 0 Å². The molecular weight excluding hydrogens is 636 g/mol. The molecule has 3 aromatic heterocycles. The van der Waals surface area contributed by atoms with Crippen LogP contribution in [0.1, 0.15) is 68.0 Å². The van der Waals surface area contributed by atoms with E-state index in [1.54, 1.807) is 43.2 Å². The molecule has 48 heavy (non-hydrogen) atoms. The summed E-state index contributed by atoms with van der Waals surface area (Å²) in [5, 5.41) is 17.6. The van der Waals surface area contributed by atoms with Crippen LogP contribution in [0.3, 0.4) is 0 Å². The lowest BCUT2D eigenvalue weighted by molar-refractivity contribution is -0.138. The number of amides is 2. The fourth-order valence-corrected chi connectivity index (χ4v) is 7.42. The summed E-state index contributed by atoms with van der Waals surface area (Å²) in [6.07, 6.45) is 2.21. The molecule has 250 valence electrons. The number of aromatic nitrogens is 4. The Kier molecular flexibility index (Phi) is 8.93. The minimum absolute atomic E-state index is 0.144. The Bertz CT molecular complexity index is 2090. The zero-order valence-corrected chi connectivity index (χ0v) is 27.8. The Hall–Kier alpha value is -5.24. The van der Waals surface area contributed by atoms with Gasteiger partial charge in [-0.25, -0.2) is 4.98 Å². The Balaban J connectivity index is 1.28. The molecule has 4 N–H and O–H groups in total. The fraction of sp³-hybridized carbons (Fsp3) is 0.353. The molecule has 5 aromatic rings. The SMILES string of the molecule is CCn1nc(C)cc1C(=O)Nc1nc2cc(C(N)=O)ccc2n1CCCCc1c(C(=O)C2CC2C(=O)O)sc2cc(OC)c(OC)cc12. The van der Waals surface area contributed by atoms with Gasteiger partial charge >= 0.3 is 5.97 Å². The average Bonchev–Trinajstić information content (AvgIpc) is 3.53. The Labute approximate surface area is 279 Å². The molecule has 2 aromatic carbocycles. The number of Topliss-reactive ketones (excluding diaryl/α,β-unsaturated/α-hetero) is 1. The van der Waals surface area contributed by atoms with Gasteiger partial charge < -0.3 is 24.9 Å². The van der Waals surface area contributed by atoms with Gasteiger partial charge in [-0.1, -0.05) is 0 Å². The molecular formula is C34H36N6O7S. The number of rotatable bonds is 14. The topological polar surface area (TPSA) is 181 Å². The number of nitrogens with zero attached hydrogens (tertiary/aromatic N) is 4. The number of unbranched alkanes of at least 4 members (excludes halogenated alkanes) is 1. The summed E-state index contributed by atoms with van der Waals surface area (Å²) in [5.74, 6) is -1.81. The third kappa shape index (κ3) is 6.10. The van der Waals surface area contributed by atoms with Crippen molar-refractivity contribution >= 4 is 62.0 Å². The van der Waals surface area contributed by atoms with E-state index in [0.29, 0.717) is 77.9 Å². The molecule has 1 fully saturated rings. The van der Waals surface area contributed by atoms with E-state index in [1.165, 1.54) is 11.3 Å². The van der Waals surface area contributed by atoms with Crippen LogP contribution in [-0.4, -0.2) is 62.2 Å². The molecule has 3 heterocycles. The molecule has 0 aliphatic heterocycles. The number of ketones is 1. The van der Waals surface area contributed by atoms with Crippen molar-refractivity contribution in [3.05, 3.63) is 63.8 Å². The van der Waals surface area contributed by atoms with Crippen molar-refractivity contribution in [3.8, 4) is 11.5 Å². The number of benzene rings is 2. The first-order valence-corrected chi connectivity index (χ1v) is 16.5. The van der Waals surface area contributed by atoms with E-state index in [0.717, 1.165) is 26.9 Å². The molecule has 2 amide bonds. The maximum absolute atomic E-state index is 13.6. The minimum Gasteiger partial charge on any atom is -0.493 e. The van der Waals surface area contributed by atoms with Gasteiger partial charge in [-0.3, -0.25) is 29.2 Å². The number of hydrogen-bond donors (Lipinski definition) is 3. The molecule has 0 spiro atoms. The van der Waals surface area contributed by atoms with Crippen LogP contribution in [0.15, 0.2) is 36.4 Å². The summed E-state index contributed by atoms with van der Waals surface area (Å²) in [6, 6.07) is 10.4. The maximum atomic E-state index is 13.6. The number of methoxy groups -OCH3 is 2. The van der Waals surface area contributed by atoms with Crippen molar-refractivity contribution in [2.45, 2.75) is 52.6 Å². The van der Waals surface area contributed by atoms with Crippen LogP contribution in [0.4, 0.5) is 5.95 Å². The van der Waals surface area contributed by atoms with Gasteiger partial charge in [-0.05, 0) is 75.4 Å². The van der Waals surface area contributed by atoms with E-state index in [9.17, 15) is 24.3 Å². The maximum Gasteiger partial charge on any atom is 0.307 e. The smallest absolute Gasteiger partial charge is 0.307 e. The largest absolute Gasteiger partial charge is 0.493 e. The first-order chi connectivity index (χ1) is 23.0. The molecule has 0 radical (unpaired) electrons. The number of aliphatic carboxylic acids is 1. The third-order valence-corrected chi connectivity index (χ3v) is 9.93. The van der Waals surface area contributed by atoms with Gasteiger partial charge in [0.15, 0.2) is 17.3 Å². The molecule has 1 aliphatic carbocycles. The Morgan fingerprint density at radius 1 is 1.06 bits per heavy atom. The molecule has 14 heteroatoms. The van der Waals surface area contributed by atoms with Gasteiger partial charge in [0.1, 0.15) is 5.69 Å². The second-order valence-corrected chi connectivity index (χ2v) is 12.9. The normalized spacial score (nSPS) is 15.5. The number of thiophene rings is 1. The third-order valence-electron chi connectivity index (χ3n) is 8.72. The van der Waals surface area contributed by atoms with Gasteiger partial charge in [0, 0.05) is 40.7 Å². The lowest BCUT2D eigenvalue weighted by Gasteiger charge is -2.12. The van der Waals surface area contributed by atoms with Crippen molar-refractivity contribution in [1.29, 1.82) is 0 Å². The zero-order valence-electron chi connectivity index (χ0n) is 27.0. The number of carbonyl (C=O) groups is 4. The lowest BCUT2D eigenvalue weighted by atomic mass is 10.0. The fourth-order valence-electron chi connectivity index (χ4n) is 6.16. The highest BCUT2D eigenvalue weighted by Gasteiger charge is 2.49. The molecule has 0 bridgehead atoms. The van der Waals surface area contributed by atoms with Gasteiger partial charge in [-0.2, -0.15) is 5.10 Å². The summed E-state index contributed by atoms with van der Waals surface area (Å²) in [4.78, 5) is 55.6. The predicted molar refractivity (Wildman–Crippen MR) is 180 cm³/mol. The molecule has 1 aliphatic rings. The van der Waals surface area contributed by atoms with E-state index >= 15 is 0 Å². The zero-order chi connectivity index (χ0) is 34.3. The van der Waals surface area contributed by atoms with E-state index in [4.69, 9.17) is 15.2 Å². The second-order valence-electron chi connectivity index (χ2n) is 11.8. The molecule has 6 rings (SSSR count). The average molecular weight is 673 g/mol. The summed E-state index contributed by atoms with van der Waals surface area (Å²) >= 11 is 1.35. The number of nitrogens with one attached hydrogen (secondary N) is 1. The number of carboxylic acid groups (broad SMARTS) is 1. The van der Waals surface area contributed by atoms with Crippen LogP contribution < -0.4 is 20.5 Å². The van der Waals surface area contributed by atoms with E-state index in [-0.39, 0.29) is 11.7 Å². The number of aryl methyl sites for hydroxylation is 4. The second kappa shape index (κ2) is 13.1.